The number of carbonyl (C=O) groups is 1. The van der Waals surface area contributed by atoms with Gasteiger partial charge >= 0.3 is 23.9 Å². The number of hydrogen-bond acceptors (Lipinski definition) is 4. The van der Waals surface area contributed by atoms with Crippen LogP contribution < -0.4 is 4.90 Å². The van der Waals surface area contributed by atoms with E-state index in [1.54, 1.807) is 0 Å². The number of rotatable bonds is 4. The quantitative estimate of drug-likeness (QED) is 0.717. The predicted octanol–water partition coefficient (Wildman–Crippen LogP) is 2.59. The Morgan fingerprint density at radius 2 is 1.30 bits per heavy atom. The molecule has 1 aromatic rings. The second-order valence-electron chi connectivity index (χ2n) is 5.55. The number of carbonyl (C=O) groups excluding carboxylic acids is 1. The van der Waals surface area contributed by atoms with Crippen LogP contribution in [0.4, 0.5) is 45.5 Å². The number of anilines is 1. The molecule has 0 aliphatic carbocycles. The van der Waals surface area contributed by atoms with Crippen molar-refractivity contribution in [3.05, 3.63) is 18.5 Å². The summed E-state index contributed by atoms with van der Waals surface area (Å²) in [6, 6.07) is 1.48. The van der Waals surface area contributed by atoms with E-state index in [-0.39, 0.29) is 23.9 Å². The molecule has 0 aromatic carbocycles. The molecule has 2 heterocycles. The van der Waals surface area contributed by atoms with E-state index < -0.39 is 42.9 Å². The third-order valence-electron chi connectivity index (χ3n) is 3.82. The van der Waals surface area contributed by atoms with Crippen molar-refractivity contribution in [1.29, 1.82) is 0 Å². The number of hydrogen-bond donors (Lipinski definition) is 0. The van der Waals surface area contributed by atoms with Crippen molar-refractivity contribution in [2.45, 2.75) is 23.9 Å². The van der Waals surface area contributed by atoms with Crippen LogP contribution >= 0.6 is 0 Å². The largest absolute Gasteiger partial charge is 0.460 e. The lowest BCUT2D eigenvalue weighted by Crippen LogP contribution is -2.66. The van der Waals surface area contributed by atoms with E-state index in [1.807, 2.05) is 0 Å². The Morgan fingerprint density at radius 3 is 1.74 bits per heavy atom. The zero-order valence-electron chi connectivity index (χ0n) is 13.2. The van der Waals surface area contributed by atoms with Crippen LogP contribution in [0, 0.1) is 0 Å². The molecule has 1 amide bonds. The number of amides is 1. The summed E-state index contributed by atoms with van der Waals surface area (Å²) in [6.07, 6.45) is -4.26. The van der Waals surface area contributed by atoms with Gasteiger partial charge in [0.15, 0.2) is 0 Å². The summed E-state index contributed by atoms with van der Waals surface area (Å²) in [6.45, 7) is -1.68. The van der Waals surface area contributed by atoms with Crippen molar-refractivity contribution in [2.24, 2.45) is 0 Å². The SMILES string of the molecule is O=C(N1CCN(c2ncccn2)CC1)C(F)(F)C(F)(F)C(F)(F)C(F)(F)F. The van der Waals surface area contributed by atoms with E-state index in [2.05, 4.69) is 9.97 Å². The van der Waals surface area contributed by atoms with Gasteiger partial charge in [-0.15, -0.1) is 0 Å². The van der Waals surface area contributed by atoms with Gasteiger partial charge in [0.25, 0.3) is 5.91 Å². The molecule has 0 radical (unpaired) electrons. The highest BCUT2D eigenvalue weighted by Gasteiger charge is 2.84. The smallest absolute Gasteiger partial charge is 0.337 e. The average Bonchev–Trinajstić information content (AvgIpc) is 2.60. The minimum Gasteiger partial charge on any atom is -0.337 e. The first-order valence-electron chi connectivity index (χ1n) is 7.25. The summed E-state index contributed by atoms with van der Waals surface area (Å²) < 4.78 is 116. The van der Waals surface area contributed by atoms with Gasteiger partial charge in [-0.05, 0) is 6.07 Å². The van der Waals surface area contributed by atoms with Crippen molar-refractivity contribution >= 4 is 11.9 Å². The topological polar surface area (TPSA) is 49.3 Å². The van der Waals surface area contributed by atoms with Crippen LogP contribution in [0.15, 0.2) is 18.5 Å². The van der Waals surface area contributed by atoms with Crippen LogP contribution in [-0.4, -0.2) is 70.9 Å². The van der Waals surface area contributed by atoms with Gasteiger partial charge in [0.1, 0.15) is 0 Å². The normalized spacial score (nSPS) is 17.2. The lowest BCUT2D eigenvalue weighted by atomic mass is 10.0. The van der Waals surface area contributed by atoms with Crippen LogP contribution in [0.3, 0.4) is 0 Å². The lowest BCUT2D eigenvalue weighted by molar-refractivity contribution is -0.389. The molecule has 14 heteroatoms. The third-order valence-corrected chi connectivity index (χ3v) is 3.82. The van der Waals surface area contributed by atoms with Crippen LogP contribution in [0.25, 0.3) is 0 Å². The van der Waals surface area contributed by atoms with Crippen molar-refractivity contribution in [3.8, 4) is 0 Å². The van der Waals surface area contributed by atoms with E-state index in [0.717, 1.165) is 0 Å². The van der Waals surface area contributed by atoms with E-state index >= 15 is 0 Å². The van der Waals surface area contributed by atoms with Crippen molar-refractivity contribution < 1.29 is 44.3 Å². The standard InChI is InChI=1S/C13H11F9N4O/c14-10(15,11(16,17)12(18,19)13(20,21)22)8(27)25-4-6-26(7-5-25)9-23-2-1-3-24-9/h1-3H,4-7H2. The molecule has 0 spiro atoms. The zero-order chi connectivity index (χ0) is 20.7. The minimum absolute atomic E-state index is 0.0970. The first-order chi connectivity index (χ1) is 12.2. The Kier molecular flexibility index (Phi) is 5.22. The van der Waals surface area contributed by atoms with E-state index in [0.29, 0.717) is 0 Å². The Hall–Kier alpha value is -2.28. The maximum Gasteiger partial charge on any atom is 0.460 e. The monoisotopic (exact) mass is 410 g/mol. The molecule has 1 fully saturated rings. The number of halogens is 9. The summed E-state index contributed by atoms with van der Waals surface area (Å²) >= 11 is 0. The number of piperazine rings is 1. The summed E-state index contributed by atoms with van der Waals surface area (Å²) in [5, 5.41) is 0. The van der Waals surface area contributed by atoms with E-state index in [1.165, 1.54) is 23.4 Å². The summed E-state index contributed by atoms with van der Waals surface area (Å²) in [4.78, 5) is 20.8. The highest BCUT2D eigenvalue weighted by atomic mass is 19.4. The van der Waals surface area contributed by atoms with Gasteiger partial charge in [-0.1, -0.05) is 0 Å². The summed E-state index contributed by atoms with van der Waals surface area (Å²) in [5.74, 6) is -23.0. The summed E-state index contributed by atoms with van der Waals surface area (Å²) in [7, 11) is 0. The maximum atomic E-state index is 13.7. The molecule has 0 unspecified atom stereocenters. The number of aromatic nitrogens is 2. The first kappa shape index (κ1) is 21.0. The van der Waals surface area contributed by atoms with Gasteiger partial charge < -0.3 is 9.80 Å². The molecule has 0 N–H and O–H groups in total. The van der Waals surface area contributed by atoms with Gasteiger partial charge in [0.2, 0.25) is 5.95 Å². The number of nitrogens with zero attached hydrogens (tertiary/aromatic N) is 4. The predicted molar refractivity (Wildman–Crippen MR) is 71.7 cm³/mol. The molecule has 27 heavy (non-hydrogen) atoms. The molecule has 152 valence electrons. The second-order valence-corrected chi connectivity index (χ2v) is 5.55. The fourth-order valence-corrected chi connectivity index (χ4v) is 2.27. The maximum absolute atomic E-state index is 13.7. The number of alkyl halides is 9. The highest BCUT2D eigenvalue weighted by molar-refractivity contribution is 5.85. The summed E-state index contributed by atoms with van der Waals surface area (Å²) in [5.41, 5.74) is 0. The van der Waals surface area contributed by atoms with Crippen LogP contribution in [0.5, 0.6) is 0 Å². The molecule has 0 saturated carbocycles. The van der Waals surface area contributed by atoms with E-state index in [9.17, 15) is 44.3 Å². The van der Waals surface area contributed by atoms with Crippen molar-refractivity contribution in [2.75, 3.05) is 31.1 Å². The Balaban J connectivity index is 2.15. The third kappa shape index (κ3) is 3.48. The van der Waals surface area contributed by atoms with Gasteiger partial charge in [0.05, 0.1) is 0 Å². The van der Waals surface area contributed by atoms with Gasteiger partial charge in [-0.2, -0.15) is 39.5 Å². The molecular weight excluding hydrogens is 399 g/mol. The second kappa shape index (κ2) is 6.71. The molecule has 0 bridgehead atoms. The molecule has 0 atom stereocenters. The Labute approximate surface area is 145 Å². The molecule has 1 aliphatic heterocycles. The van der Waals surface area contributed by atoms with Crippen LogP contribution in [0.1, 0.15) is 0 Å². The highest BCUT2D eigenvalue weighted by Crippen LogP contribution is 2.53. The Bertz CT molecular complexity index is 672. The molecule has 1 saturated heterocycles. The van der Waals surface area contributed by atoms with Crippen molar-refractivity contribution in [1.82, 2.24) is 14.9 Å². The van der Waals surface area contributed by atoms with Crippen molar-refractivity contribution in [3.63, 3.8) is 0 Å². The van der Waals surface area contributed by atoms with Crippen LogP contribution in [-0.2, 0) is 4.79 Å². The fourth-order valence-electron chi connectivity index (χ4n) is 2.27. The molecule has 1 aliphatic rings. The lowest BCUT2D eigenvalue weighted by Gasteiger charge is -2.39. The molecule has 5 nitrogen and oxygen atoms in total. The van der Waals surface area contributed by atoms with Crippen LogP contribution in [0.2, 0.25) is 0 Å². The van der Waals surface area contributed by atoms with Gasteiger partial charge in [0, 0.05) is 38.6 Å². The van der Waals surface area contributed by atoms with Gasteiger partial charge in [-0.25, -0.2) is 9.97 Å². The molecule has 1 aromatic heterocycles. The molecule has 2 rings (SSSR count). The van der Waals surface area contributed by atoms with Gasteiger partial charge in [-0.3, -0.25) is 4.79 Å². The Morgan fingerprint density at radius 1 is 0.815 bits per heavy atom. The average molecular weight is 410 g/mol. The first-order valence-corrected chi connectivity index (χ1v) is 7.25. The molecular formula is C13H11F9N4O. The zero-order valence-corrected chi connectivity index (χ0v) is 13.2. The minimum atomic E-state index is -7.10. The van der Waals surface area contributed by atoms with E-state index in [4.69, 9.17) is 0 Å². The fraction of sp³-hybridized carbons (Fsp3) is 0.615.